The highest BCUT2D eigenvalue weighted by Crippen LogP contribution is 2.44. The lowest BCUT2D eigenvalue weighted by Crippen LogP contribution is -2.57. The van der Waals surface area contributed by atoms with Gasteiger partial charge in [0.25, 0.3) is 5.91 Å². The molecule has 1 spiro atoms. The Labute approximate surface area is 198 Å². The molecule has 2 saturated heterocycles. The largest absolute Gasteiger partial charge is 0.448 e. The molecule has 3 aliphatic heterocycles. The number of hydrogen-bond donors (Lipinski definition) is 2. The van der Waals surface area contributed by atoms with Crippen LogP contribution >= 0.6 is 0 Å². The fourth-order valence-electron chi connectivity index (χ4n) is 4.97. The van der Waals surface area contributed by atoms with Gasteiger partial charge in [0, 0.05) is 38.2 Å². The first-order valence-corrected chi connectivity index (χ1v) is 11.7. The van der Waals surface area contributed by atoms with Crippen LogP contribution in [0.5, 0.6) is 0 Å². The maximum absolute atomic E-state index is 12.5. The number of esters is 1. The van der Waals surface area contributed by atoms with Crippen molar-refractivity contribution < 1.29 is 19.1 Å². The normalized spacial score (nSPS) is 22.1. The summed E-state index contributed by atoms with van der Waals surface area (Å²) in [6, 6.07) is 15.3. The van der Waals surface area contributed by atoms with E-state index < -0.39 is 17.7 Å². The maximum Gasteiger partial charge on any atom is 0.339 e. The third kappa shape index (κ3) is 4.30. The van der Waals surface area contributed by atoms with Gasteiger partial charge in [-0.3, -0.25) is 9.69 Å². The number of ether oxygens (including phenoxy) is 2. The van der Waals surface area contributed by atoms with Gasteiger partial charge >= 0.3 is 5.97 Å². The molecule has 5 rings (SSSR count). The van der Waals surface area contributed by atoms with Crippen LogP contribution in [0.1, 0.15) is 27.9 Å². The second-order valence-corrected chi connectivity index (χ2v) is 9.32. The Morgan fingerprint density at radius 1 is 1.26 bits per heavy atom. The van der Waals surface area contributed by atoms with Crippen LogP contribution in [0.15, 0.2) is 42.5 Å². The molecule has 0 bridgehead atoms. The summed E-state index contributed by atoms with van der Waals surface area (Å²) in [6.07, 6.45) is 0.698. The number of nitrogens with zero attached hydrogens (tertiary/aromatic N) is 2. The molecule has 8 nitrogen and oxygen atoms in total. The molecular formula is C26H28N4O4. The number of likely N-dealkylation sites (tertiary alicyclic amines) is 1. The molecule has 0 saturated carbocycles. The zero-order chi connectivity index (χ0) is 23.7. The minimum absolute atomic E-state index is 0.250. The van der Waals surface area contributed by atoms with E-state index in [0.717, 1.165) is 35.2 Å². The first-order chi connectivity index (χ1) is 16.5. The van der Waals surface area contributed by atoms with Gasteiger partial charge in [-0.1, -0.05) is 30.3 Å². The number of carbonyl (C=O) groups excluding carboxylic acids is 2. The zero-order valence-electron chi connectivity index (χ0n) is 19.2. The van der Waals surface area contributed by atoms with Crippen molar-refractivity contribution in [3.8, 4) is 17.2 Å². The molecular weight excluding hydrogens is 432 g/mol. The number of carbonyl (C=O) groups is 2. The Kier molecular flexibility index (Phi) is 6.09. The smallest absolute Gasteiger partial charge is 0.339 e. The third-order valence-electron chi connectivity index (χ3n) is 6.71. The summed E-state index contributed by atoms with van der Waals surface area (Å²) in [4.78, 5) is 26.9. The average molecular weight is 461 g/mol. The molecule has 2 atom stereocenters. The standard InChI is InChI=1S/C26H28N4O4/c1-30-15-26(16-30)22-12-19(7-8-21(22)25(32)34-26)18-5-3-17(4-6-18)11-20(13-27)29-24(31)23-14-28-9-2-10-33-23/h3-8,12,20,23,28H,2,9-11,14-16H2,1H3,(H,29,31)/t20-,23-/m0/s1. The van der Waals surface area contributed by atoms with E-state index in [1.54, 1.807) is 0 Å². The number of hydrogen-bond acceptors (Lipinski definition) is 7. The number of amides is 1. The van der Waals surface area contributed by atoms with Crippen LogP contribution in [0.2, 0.25) is 0 Å². The molecule has 3 heterocycles. The third-order valence-corrected chi connectivity index (χ3v) is 6.71. The number of rotatable bonds is 5. The van der Waals surface area contributed by atoms with Gasteiger partial charge in [0.15, 0.2) is 5.60 Å². The van der Waals surface area contributed by atoms with Gasteiger partial charge in [0.2, 0.25) is 0 Å². The van der Waals surface area contributed by atoms with Crippen molar-refractivity contribution in [1.82, 2.24) is 15.5 Å². The van der Waals surface area contributed by atoms with Crippen LogP contribution in [0.4, 0.5) is 0 Å². The number of benzene rings is 2. The number of nitrogens with one attached hydrogen (secondary N) is 2. The lowest BCUT2D eigenvalue weighted by atomic mass is 9.84. The highest BCUT2D eigenvalue weighted by atomic mass is 16.6. The Morgan fingerprint density at radius 3 is 2.76 bits per heavy atom. The van der Waals surface area contributed by atoms with E-state index in [4.69, 9.17) is 9.47 Å². The quantitative estimate of drug-likeness (QED) is 0.653. The molecule has 0 radical (unpaired) electrons. The van der Waals surface area contributed by atoms with Crippen molar-refractivity contribution in [2.45, 2.75) is 30.6 Å². The summed E-state index contributed by atoms with van der Waals surface area (Å²) >= 11 is 0. The van der Waals surface area contributed by atoms with Crippen LogP contribution in [0.3, 0.4) is 0 Å². The molecule has 34 heavy (non-hydrogen) atoms. The number of nitriles is 1. The highest BCUT2D eigenvalue weighted by Gasteiger charge is 2.52. The molecule has 2 aromatic rings. The van der Waals surface area contributed by atoms with Crippen molar-refractivity contribution >= 4 is 11.9 Å². The van der Waals surface area contributed by atoms with E-state index in [1.165, 1.54) is 0 Å². The van der Waals surface area contributed by atoms with Crippen LogP contribution < -0.4 is 10.6 Å². The SMILES string of the molecule is CN1CC2(C1)OC(=O)c1ccc(-c3ccc(C[C@@H](C#N)NC(=O)[C@@H]4CNCCCO4)cc3)cc12. The first kappa shape index (κ1) is 22.5. The Balaban J connectivity index is 1.26. The van der Waals surface area contributed by atoms with Crippen LogP contribution in [0.25, 0.3) is 11.1 Å². The van der Waals surface area contributed by atoms with Crippen LogP contribution in [0, 0.1) is 11.3 Å². The van der Waals surface area contributed by atoms with Crippen LogP contribution in [-0.4, -0.2) is 68.8 Å². The van der Waals surface area contributed by atoms with E-state index in [1.807, 2.05) is 43.4 Å². The van der Waals surface area contributed by atoms with Gasteiger partial charge in [-0.25, -0.2) is 4.79 Å². The van der Waals surface area contributed by atoms with Crippen LogP contribution in [-0.2, 0) is 26.3 Å². The first-order valence-electron chi connectivity index (χ1n) is 11.7. The molecule has 2 N–H and O–H groups in total. The second-order valence-electron chi connectivity index (χ2n) is 9.32. The Bertz CT molecular complexity index is 1130. The fraction of sp³-hybridized carbons (Fsp3) is 0.423. The fourth-order valence-corrected chi connectivity index (χ4v) is 4.97. The lowest BCUT2D eigenvalue weighted by molar-refractivity contribution is -0.132. The molecule has 8 heteroatoms. The summed E-state index contributed by atoms with van der Waals surface area (Å²) in [6.45, 7) is 3.22. The molecule has 1 amide bonds. The topological polar surface area (TPSA) is 104 Å². The predicted molar refractivity (Wildman–Crippen MR) is 125 cm³/mol. The minimum atomic E-state index is -0.635. The summed E-state index contributed by atoms with van der Waals surface area (Å²) in [7, 11) is 2.01. The van der Waals surface area contributed by atoms with Gasteiger partial charge in [-0.05, 0) is 48.8 Å². The predicted octanol–water partition coefficient (Wildman–Crippen LogP) is 1.59. The monoisotopic (exact) mass is 460 g/mol. The molecule has 0 aromatic heterocycles. The zero-order valence-corrected chi connectivity index (χ0v) is 19.2. The van der Waals surface area contributed by atoms with E-state index in [9.17, 15) is 14.9 Å². The van der Waals surface area contributed by atoms with E-state index >= 15 is 0 Å². The van der Waals surface area contributed by atoms with E-state index in [0.29, 0.717) is 38.2 Å². The second kappa shape index (κ2) is 9.18. The molecule has 0 aliphatic carbocycles. The molecule has 176 valence electrons. The van der Waals surface area contributed by atoms with Gasteiger partial charge in [-0.2, -0.15) is 5.26 Å². The van der Waals surface area contributed by atoms with Gasteiger partial charge in [0.05, 0.1) is 11.6 Å². The molecule has 0 unspecified atom stereocenters. The summed E-state index contributed by atoms with van der Waals surface area (Å²) in [5, 5.41) is 15.5. The molecule has 3 aliphatic rings. The van der Waals surface area contributed by atoms with Gasteiger partial charge in [0.1, 0.15) is 12.1 Å². The summed E-state index contributed by atoms with van der Waals surface area (Å²) < 4.78 is 11.3. The average Bonchev–Trinajstić information content (AvgIpc) is 2.99. The molecule has 2 aromatic carbocycles. The van der Waals surface area contributed by atoms with Crippen molar-refractivity contribution in [2.75, 3.05) is 39.8 Å². The number of likely N-dealkylation sites (N-methyl/N-ethyl adjacent to an activating group) is 1. The van der Waals surface area contributed by atoms with Crippen molar-refractivity contribution in [2.24, 2.45) is 0 Å². The van der Waals surface area contributed by atoms with Crippen molar-refractivity contribution in [3.05, 3.63) is 59.2 Å². The maximum atomic E-state index is 12.5. The Hall–Kier alpha value is -3.25. The highest BCUT2D eigenvalue weighted by molar-refractivity contribution is 5.96. The summed E-state index contributed by atoms with van der Waals surface area (Å²) in [5.74, 6) is -0.511. The minimum Gasteiger partial charge on any atom is -0.448 e. The van der Waals surface area contributed by atoms with Crippen molar-refractivity contribution in [3.63, 3.8) is 0 Å². The van der Waals surface area contributed by atoms with Crippen molar-refractivity contribution in [1.29, 1.82) is 5.26 Å². The lowest BCUT2D eigenvalue weighted by Gasteiger charge is -2.44. The van der Waals surface area contributed by atoms with Gasteiger partial charge < -0.3 is 20.1 Å². The van der Waals surface area contributed by atoms with Gasteiger partial charge in [-0.15, -0.1) is 0 Å². The van der Waals surface area contributed by atoms with E-state index in [-0.39, 0.29) is 11.9 Å². The summed E-state index contributed by atoms with van der Waals surface area (Å²) in [5.41, 5.74) is 4.07. The molecule has 2 fully saturated rings. The Morgan fingerprint density at radius 2 is 2.03 bits per heavy atom. The number of fused-ring (bicyclic) bond motifs is 2. The van der Waals surface area contributed by atoms with E-state index in [2.05, 4.69) is 27.7 Å².